The molecule has 0 saturated heterocycles. The number of rotatable bonds is 7. The summed E-state index contributed by atoms with van der Waals surface area (Å²) >= 11 is 0. The summed E-state index contributed by atoms with van der Waals surface area (Å²) in [5, 5.41) is 3.13. The maximum Gasteiger partial charge on any atom is 0.0492 e. The molecule has 1 N–H and O–H groups in total. The highest BCUT2D eigenvalue weighted by molar-refractivity contribution is 4.52. The summed E-state index contributed by atoms with van der Waals surface area (Å²) in [5.74, 6) is 0.689. The van der Waals surface area contributed by atoms with Gasteiger partial charge in [0.05, 0.1) is 0 Å². The Hall–Kier alpha value is -0.0800. The predicted octanol–water partition coefficient (Wildman–Crippen LogP) is 1.66. The van der Waals surface area contributed by atoms with Gasteiger partial charge in [-0.2, -0.15) is 0 Å². The quantitative estimate of drug-likeness (QED) is 0.570. The van der Waals surface area contributed by atoms with Crippen molar-refractivity contribution in [1.82, 2.24) is 5.32 Å². The van der Waals surface area contributed by atoms with Gasteiger partial charge in [-0.3, -0.25) is 0 Å². The van der Waals surface area contributed by atoms with E-state index in [-0.39, 0.29) is 0 Å². The van der Waals surface area contributed by atoms with E-state index in [2.05, 4.69) is 19.2 Å². The van der Waals surface area contributed by atoms with Gasteiger partial charge in [-0.1, -0.05) is 13.8 Å². The second kappa shape index (κ2) is 8.02. The van der Waals surface area contributed by atoms with Gasteiger partial charge < -0.3 is 10.1 Å². The molecular weight excluding hydrogens is 138 g/mol. The summed E-state index contributed by atoms with van der Waals surface area (Å²) in [6.45, 7) is 7.28. The number of nitrogens with one attached hydrogen (secondary N) is 1. The highest BCUT2D eigenvalue weighted by atomic mass is 16.5. The van der Waals surface area contributed by atoms with Crippen molar-refractivity contribution in [3.63, 3.8) is 0 Å². The van der Waals surface area contributed by atoms with Gasteiger partial charge in [0, 0.05) is 13.2 Å². The Morgan fingerprint density at radius 3 is 2.73 bits per heavy atom. The molecule has 0 spiro atoms. The fourth-order valence-electron chi connectivity index (χ4n) is 0.903. The van der Waals surface area contributed by atoms with Crippen molar-refractivity contribution in [3.05, 3.63) is 0 Å². The lowest BCUT2D eigenvalue weighted by Crippen LogP contribution is -2.15. The molecule has 2 heteroatoms. The van der Waals surface area contributed by atoms with Gasteiger partial charge in [0.25, 0.3) is 0 Å². The zero-order chi connectivity index (χ0) is 8.53. The monoisotopic (exact) mass is 159 g/mol. The summed E-state index contributed by atoms with van der Waals surface area (Å²) in [5.41, 5.74) is 0. The molecule has 0 aromatic heterocycles. The van der Waals surface area contributed by atoms with Gasteiger partial charge in [-0.05, 0) is 32.4 Å². The lowest BCUT2D eigenvalue weighted by Gasteiger charge is -2.10. The van der Waals surface area contributed by atoms with Crippen LogP contribution in [0, 0.1) is 5.92 Å². The van der Waals surface area contributed by atoms with Gasteiger partial charge in [0.2, 0.25) is 0 Å². The molecule has 0 fully saturated rings. The van der Waals surface area contributed by atoms with E-state index in [0.717, 1.165) is 26.2 Å². The van der Waals surface area contributed by atoms with Crippen molar-refractivity contribution >= 4 is 0 Å². The third-order valence-corrected chi connectivity index (χ3v) is 1.64. The molecule has 0 rings (SSSR count). The first-order valence-corrected chi connectivity index (χ1v) is 4.53. The average molecular weight is 159 g/mol. The summed E-state index contributed by atoms with van der Waals surface area (Å²) in [6.07, 6.45) is 2.33. The summed E-state index contributed by atoms with van der Waals surface area (Å²) in [4.78, 5) is 0. The Kier molecular flexibility index (Phi) is 7.96. The molecule has 0 aromatic rings. The van der Waals surface area contributed by atoms with Crippen molar-refractivity contribution in [3.8, 4) is 0 Å². The Morgan fingerprint density at radius 1 is 1.45 bits per heavy atom. The highest BCUT2D eigenvalue weighted by Gasteiger charge is 1.99. The molecule has 0 aliphatic heterocycles. The summed E-state index contributed by atoms with van der Waals surface area (Å²) < 4.78 is 5.41. The second-order valence-corrected chi connectivity index (χ2v) is 3.07. The topological polar surface area (TPSA) is 21.3 Å². The third-order valence-electron chi connectivity index (χ3n) is 1.64. The molecule has 0 radical (unpaired) electrons. The first-order chi connectivity index (χ1) is 5.31. The van der Waals surface area contributed by atoms with Crippen molar-refractivity contribution in [2.75, 3.05) is 26.8 Å². The molecule has 68 valence electrons. The third kappa shape index (κ3) is 7.82. The van der Waals surface area contributed by atoms with Crippen LogP contribution in [0.3, 0.4) is 0 Å². The molecule has 0 heterocycles. The van der Waals surface area contributed by atoms with Crippen LogP contribution in [-0.4, -0.2) is 26.8 Å². The van der Waals surface area contributed by atoms with E-state index in [1.807, 2.05) is 7.05 Å². The molecule has 0 aromatic carbocycles. The average Bonchev–Trinajstić information content (AvgIpc) is 2.01. The number of ether oxygens (including phenoxy) is 1. The van der Waals surface area contributed by atoms with Crippen molar-refractivity contribution in [1.29, 1.82) is 0 Å². The molecule has 0 amide bonds. The summed E-state index contributed by atoms with van der Waals surface area (Å²) in [7, 11) is 1.99. The maximum atomic E-state index is 5.41. The van der Waals surface area contributed by atoms with Gasteiger partial charge in [0.1, 0.15) is 0 Å². The number of hydrogen-bond acceptors (Lipinski definition) is 2. The van der Waals surface area contributed by atoms with Crippen LogP contribution in [0.5, 0.6) is 0 Å². The van der Waals surface area contributed by atoms with Crippen molar-refractivity contribution in [2.45, 2.75) is 26.7 Å². The fourth-order valence-corrected chi connectivity index (χ4v) is 0.903. The minimum atomic E-state index is 0.689. The van der Waals surface area contributed by atoms with Gasteiger partial charge in [0.15, 0.2) is 0 Å². The minimum Gasteiger partial charge on any atom is -0.381 e. The molecular formula is C9H21NO. The Morgan fingerprint density at radius 2 is 2.18 bits per heavy atom. The maximum absolute atomic E-state index is 5.41. The fraction of sp³-hybridized carbons (Fsp3) is 1.00. The van der Waals surface area contributed by atoms with Crippen LogP contribution in [0.25, 0.3) is 0 Å². The largest absolute Gasteiger partial charge is 0.381 e. The smallest absolute Gasteiger partial charge is 0.0492 e. The summed E-state index contributed by atoms with van der Waals surface area (Å²) in [6, 6.07) is 0. The van der Waals surface area contributed by atoms with Crippen molar-refractivity contribution < 1.29 is 4.74 Å². The first kappa shape index (κ1) is 10.9. The molecule has 0 bridgehead atoms. The highest BCUT2D eigenvalue weighted by Crippen LogP contribution is 2.00. The Bertz CT molecular complexity index is 76.0. The standard InChI is InChI=1S/C9H21NO/c1-4-7-11-8-9(2)5-6-10-3/h9-10H,4-8H2,1-3H3. The van der Waals surface area contributed by atoms with E-state index >= 15 is 0 Å². The molecule has 0 aliphatic carbocycles. The van der Waals surface area contributed by atoms with E-state index in [1.165, 1.54) is 6.42 Å². The molecule has 1 atom stereocenters. The molecule has 2 nitrogen and oxygen atoms in total. The molecule has 0 saturated carbocycles. The lowest BCUT2D eigenvalue weighted by molar-refractivity contribution is 0.103. The predicted molar refractivity (Wildman–Crippen MR) is 48.8 cm³/mol. The van der Waals surface area contributed by atoms with Crippen molar-refractivity contribution in [2.24, 2.45) is 5.92 Å². The SMILES string of the molecule is CCCOCC(C)CCNC. The van der Waals surface area contributed by atoms with Gasteiger partial charge in [-0.15, -0.1) is 0 Å². The van der Waals surface area contributed by atoms with Crippen LogP contribution >= 0.6 is 0 Å². The van der Waals surface area contributed by atoms with Crippen LogP contribution in [0.4, 0.5) is 0 Å². The normalized spacial score (nSPS) is 13.4. The molecule has 11 heavy (non-hydrogen) atoms. The Balaban J connectivity index is 3.02. The van der Waals surface area contributed by atoms with E-state index in [9.17, 15) is 0 Å². The second-order valence-electron chi connectivity index (χ2n) is 3.07. The number of hydrogen-bond donors (Lipinski definition) is 1. The van der Waals surface area contributed by atoms with E-state index in [1.54, 1.807) is 0 Å². The van der Waals surface area contributed by atoms with Gasteiger partial charge in [-0.25, -0.2) is 0 Å². The zero-order valence-corrected chi connectivity index (χ0v) is 8.02. The van der Waals surface area contributed by atoms with E-state index < -0.39 is 0 Å². The van der Waals surface area contributed by atoms with Crippen LogP contribution in [0.15, 0.2) is 0 Å². The minimum absolute atomic E-state index is 0.689. The van der Waals surface area contributed by atoms with Gasteiger partial charge >= 0.3 is 0 Å². The lowest BCUT2D eigenvalue weighted by atomic mass is 10.1. The van der Waals surface area contributed by atoms with Crippen LogP contribution in [0.1, 0.15) is 26.7 Å². The van der Waals surface area contributed by atoms with Crippen LogP contribution in [0.2, 0.25) is 0 Å². The van der Waals surface area contributed by atoms with E-state index in [0.29, 0.717) is 5.92 Å². The van der Waals surface area contributed by atoms with Crippen LogP contribution in [-0.2, 0) is 4.74 Å². The Labute approximate surface area is 70.3 Å². The van der Waals surface area contributed by atoms with E-state index in [4.69, 9.17) is 4.74 Å². The zero-order valence-electron chi connectivity index (χ0n) is 8.02. The molecule has 1 unspecified atom stereocenters. The van der Waals surface area contributed by atoms with Crippen LogP contribution < -0.4 is 5.32 Å². The molecule has 0 aliphatic rings. The first-order valence-electron chi connectivity index (χ1n) is 4.53.